The van der Waals surface area contributed by atoms with Gasteiger partial charge in [-0.2, -0.15) is 0 Å². The summed E-state index contributed by atoms with van der Waals surface area (Å²) in [6, 6.07) is 5.93. The van der Waals surface area contributed by atoms with Crippen LogP contribution in [0.3, 0.4) is 0 Å². The molecule has 3 rings (SSSR count). The maximum Gasteiger partial charge on any atom is 0.251 e. The molecule has 3 unspecified atom stereocenters. The van der Waals surface area contributed by atoms with Gasteiger partial charge in [0.05, 0.1) is 0 Å². The number of fused-ring (bicyclic) bond motifs is 2. The molecule has 88 valence electrons. The number of allylic oxidation sites excluding steroid dienone is 1. The molecule has 2 aliphatic rings. The van der Waals surface area contributed by atoms with Crippen LogP contribution in [0, 0.1) is 17.7 Å². The minimum atomic E-state index is -0.315. The minimum absolute atomic E-state index is 0.101. The van der Waals surface area contributed by atoms with Gasteiger partial charge in [-0.15, -0.1) is 0 Å². The van der Waals surface area contributed by atoms with Crippen LogP contribution in [0.5, 0.6) is 0 Å². The van der Waals surface area contributed by atoms with Crippen molar-refractivity contribution in [1.29, 1.82) is 0 Å². The van der Waals surface area contributed by atoms with E-state index in [0.29, 0.717) is 17.4 Å². The zero-order chi connectivity index (χ0) is 11.8. The molecule has 0 saturated heterocycles. The minimum Gasteiger partial charge on any atom is -0.349 e. The van der Waals surface area contributed by atoms with E-state index in [1.54, 1.807) is 0 Å². The third-order valence-corrected chi connectivity index (χ3v) is 3.70. The second-order valence-electron chi connectivity index (χ2n) is 4.87. The summed E-state index contributed by atoms with van der Waals surface area (Å²) in [7, 11) is 0. The van der Waals surface area contributed by atoms with Gasteiger partial charge in [0, 0.05) is 11.6 Å². The summed E-state index contributed by atoms with van der Waals surface area (Å²) in [5.41, 5.74) is 0.526. The van der Waals surface area contributed by atoms with Crippen LogP contribution in [0.15, 0.2) is 36.4 Å². The number of carbonyl (C=O) groups is 1. The Morgan fingerprint density at radius 2 is 1.94 bits per heavy atom. The SMILES string of the molecule is O=C(NC1CC2C=CC1C2)c1ccc(F)cc1. The van der Waals surface area contributed by atoms with Gasteiger partial charge in [0.1, 0.15) is 5.82 Å². The molecule has 0 radical (unpaired) electrons. The predicted molar refractivity (Wildman–Crippen MR) is 63.0 cm³/mol. The second kappa shape index (κ2) is 3.99. The van der Waals surface area contributed by atoms with Crippen LogP contribution in [-0.4, -0.2) is 11.9 Å². The molecule has 1 saturated carbocycles. The predicted octanol–water partition coefficient (Wildman–Crippen LogP) is 2.52. The summed E-state index contributed by atoms with van der Waals surface area (Å²) in [4.78, 5) is 11.9. The first-order valence-electron chi connectivity index (χ1n) is 5.97. The molecule has 0 aliphatic heterocycles. The molecule has 2 nitrogen and oxygen atoms in total. The molecule has 1 aromatic rings. The van der Waals surface area contributed by atoms with Gasteiger partial charge in [-0.05, 0) is 48.9 Å². The summed E-state index contributed by atoms with van der Waals surface area (Å²) in [6.07, 6.45) is 6.64. The number of hydrogen-bond donors (Lipinski definition) is 1. The summed E-state index contributed by atoms with van der Waals surface area (Å²) < 4.78 is 12.7. The lowest BCUT2D eigenvalue weighted by Gasteiger charge is -2.19. The average Bonchev–Trinajstić information content (AvgIpc) is 2.91. The monoisotopic (exact) mass is 231 g/mol. The summed E-state index contributed by atoms with van der Waals surface area (Å²) in [6.45, 7) is 0. The van der Waals surface area contributed by atoms with Crippen molar-refractivity contribution in [2.24, 2.45) is 11.8 Å². The van der Waals surface area contributed by atoms with E-state index in [1.165, 1.54) is 24.3 Å². The van der Waals surface area contributed by atoms with Gasteiger partial charge in [-0.25, -0.2) is 4.39 Å². The van der Waals surface area contributed by atoms with E-state index in [0.717, 1.165) is 12.8 Å². The van der Waals surface area contributed by atoms with Gasteiger partial charge in [-0.3, -0.25) is 4.79 Å². The van der Waals surface area contributed by atoms with Crippen molar-refractivity contribution >= 4 is 5.91 Å². The zero-order valence-corrected chi connectivity index (χ0v) is 9.40. The lowest BCUT2D eigenvalue weighted by Crippen LogP contribution is -2.37. The molecule has 17 heavy (non-hydrogen) atoms. The highest BCUT2D eigenvalue weighted by Crippen LogP contribution is 2.38. The van der Waals surface area contributed by atoms with Crippen molar-refractivity contribution in [1.82, 2.24) is 5.32 Å². The zero-order valence-electron chi connectivity index (χ0n) is 9.40. The van der Waals surface area contributed by atoms with Gasteiger partial charge >= 0.3 is 0 Å². The van der Waals surface area contributed by atoms with Gasteiger partial charge in [0.15, 0.2) is 0 Å². The van der Waals surface area contributed by atoms with Crippen molar-refractivity contribution in [3.05, 3.63) is 47.8 Å². The van der Waals surface area contributed by atoms with E-state index >= 15 is 0 Å². The molecule has 1 N–H and O–H groups in total. The third-order valence-electron chi connectivity index (χ3n) is 3.70. The van der Waals surface area contributed by atoms with Gasteiger partial charge in [0.25, 0.3) is 5.91 Å². The van der Waals surface area contributed by atoms with Crippen LogP contribution in [0.2, 0.25) is 0 Å². The Hall–Kier alpha value is -1.64. The van der Waals surface area contributed by atoms with E-state index in [1.807, 2.05) is 0 Å². The van der Waals surface area contributed by atoms with E-state index < -0.39 is 0 Å². The summed E-state index contributed by atoms with van der Waals surface area (Å²) in [5.74, 6) is 0.711. The fourth-order valence-electron chi connectivity index (χ4n) is 2.80. The van der Waals surface area contributed by atoms with E-state index in [-0.39, 0.29) is 17.8 Å². The highest BCUT2D eigenvalue weighted by atomic mass is 19.1. The first kappa shape index (κ1) is 10.5. The van der Waals surface area contributed by atoms with Crippen LogP contribution < -0.4 is 5.32 Å². The Morgan fingerprint density at radius 3 is 2.53 bits per heavy atom. The fourth-order valence-corrected chi connectivity index (χ4v) is 2.80. The van der Waals surface area contributed by atoms with Crippen molar-refractivity contribution in [3.63, 3.8) is 0 Å². The topological polar surface area (TPSA) is 29.1 Å². The normalized spacial score (nSPS) is 29.6. The molecule has 2 bridgehead atoms. The third kappa shape index (κ3) is 1.97. The number of rotatable bonds is 2. The van der Waals surface area contributed by atoms with E-state index in [2.05, 4.69) is 17.5 Å². The first-order chi connectivity index (χ1) is 8.22. The second-order valence-corrected chi connectivity index (χ2v) is 4.87. The number of benzene rings is 1. The molecule has 0 aromatic heterocycles. The highest BCUT2D eigenvalue weighted by Gasteiger charge is 2.36. The number of halogens is 1. The molecule has 3 atom stereocenters. The first-order valence-corrected chi connectivity index (χ1v) is 5.97. The number of carbonyl (C=O) groups excluding carboxylic acids is 1. The Labute approximate surface area is 99.5 Å². The van der Waals surface area contributed by atoms with Gasteiger partial charge in [0.2, 0.25) is 0 Å². The highest BCUT2D eigenvalue weighted by molar-refractivity contribution is 5.94. The fraction of sp³-hybridized carbons (Fsp3) is 0.357. The van der Waals surface area contributed by atoms with E-state index in [9.17, 15) is 9.18 Å². The van der Waals surface area contributed by atoms with Crippen LogP contribution >= 0.6 is 0 Å². The van der Waals surface area contributed by atoms with Crippen molar-refractivity contribution < 1.29 is 9.18 Å². The number of nitrogens with one attached hydrogen (secondary N) is 1. The summed E-state index contributed by atoms with van der Waals surface area (Å²) >= 11 is 0. The van der Waals surface area contributed by atoms with Crippen LogP contribution in [0.4, 0.5) is 4.39 Å². The van der Waals surface area contributed by atoms with Crippen LogP contribution in [0.25, 0.3) is 0 Å². The Morgan fingerprint density at radius 1 is 1.18 bits per heavy atom. The van der Waals surface area contributed by atoms with Crippen molar-refractivity contribution in [3.8, 4) is 0 Å². The van der Waals surface area contributed by atoms with Crippen LogP contribution in [0.1, 0.15) is 23.2 Å². The largest absolute Gasteiger partial charge is 0.349 e. The maximum atomic E-state index is 12.7. The molecule has 0 heterocycles. The molecule has 2 aliphatic carbocycles. The quantitative estimate of drug-likeness (QED) is 0.778. The number of amides is 1. The smallest absolute Gasteiger partial charge is 0.251 e. The number of hydrogen-bond acceptors (Lipinski definition) is 1. The maximum absolute atomic E-state index is 12.7. The van der Waals surface area contributed by atoms with E-state index in [4.69, 9.17) is 0 Å². The van der Waals surface area contributed by atoms with Crippen molar-refractivity contribution in [2.45, 2.75) is 18.9 Å². The molecule has 1 amide bonds. The summed E-state index contributed by atoms with van der Waals surface area (Å²) in [5, 5.41) is 3.03. The van der Waals surface area contributed by atoms with Crippen molar-refractivity contribution in [2.75, 3.05) is 0 Å². The molecular weight excluding hydrogens is 217 g/mol. The Balaban J connectivity index is 1.68. The van der Waals surface area contributed by atoms with Gasteiger partial charge in [-0.1, -0.05) is 12.2 Å². The molecule has 1 aromatic carbocycles. The molecule has 1 fully saturated rings. The Kier molecular flexibility index (Phi) is 2.46. The van der Waals surface area contributed by atoms with Crippen LogP contribution in [-0.2, 0) is 0 Å². The van der Waals surface area contributed by atoms with Gasteiger partial charge < -0.3 is 5.32 Å². The molecule has 0 spiro atoms. The Bertz CT molecular complexity index is 466. The standard InChI is InChI=1S/C14H14FNO/c15-12-5-3-10(4-6-12)14(17)16-13-8-9-1-2-11(13)7-9/h1-6,9,11,13H,7-8H2,(H,16,17). The molecule has 3 heteroatoms. The lowest BCUT2D eigenvalue weighted by molar-refractivity contribution is 0.0931. The lowest BCUT2D eigenvalue weighted by atomic mass is 10.0. The molecular formula is C14H14FNO. The average molecular weight is 231 g/mol.